The number of benzene rings is 1. The Morgan fingerprint density at radius 2 is 2.11 bits per heavy atom. The monoisotopic (exact) mass is 293 g/mol. The third-order valence-corrected chi connectivity index (χ3v) is 3.50. The van der Waals surface area contributed by atoms with E-state index >= 15 is 0 Å². The van der Waals surface area contributed by atoms with E-state index in [9.17, 15) is 13.5 Å². The summed E-state index contributed by atoms with van der Waals surface area (Å²) in [5, 5.41) is 9.86. The van der Waals surface area contributed by atoms with Crippen molar-refractivity contribution in [2.24, 2.45) is 0 Å². The van der Waals surface area contributed by atoms with Crippen molar-refractivity contribution in [2.75, 3.05) is 17.1 Å². The maximum atomic E-state index is 11.7. The van der Waals surface area contributed by atoms with Crippen LogP contribution in [0.1, 0.15) is 13.8 Å². The number of hydrogen-bond donors (Lipinski definition) is 2. The highest BCUT2D eigenvalue weighted by molar-refractivity contribution is 7.92. The molecule has 1 aromatic carbocycles. The maximum Gasteiger partial charge on any atom is 0.235 e. The number of ether oxygens (including phenoxy) is 1. The standard InChI is InChI=1S/C11H16ClNO4S/c1-8(2)17-5-6-18(15,16)13-10-4-3-9(12)7-11(10)14/h3-4,7-8,13-14H,5-6H2,1-2H3. The summed E-state index contributed by atoms with van der Waals surface area (Å²) in [6.07, 6.45) is -0.0239. The van der Waals surface area contributed by atoms with Crippen molar-refractivity contribution in [3.8, 4) is 5.75 Å². The summed E-state index contributed by atoms with van der Waals surface area (Å²) in [4.78, 5) is 0. The van der Waals surface area contributed by atoms with Gasteiger partial charge < -0.3 is 9.84 Å². The number of phenolic OH excluding ortho intramolecular Hbond substituents is 1. The van der Waals surface area contributed by atoms with Crippen LogP contribution >= 0.6 is 11.6 Å². The van der Waals surface area contributed by atoms with Gasteiger partial charge in [0.25, 0.3) is 0 Å². The van der Waals surface area contributed by atoms with Crippen molar-refractivity contribution in [3.63, 3.8) is 0 Å². The third kappa shape index (κ3) is 5.12. The molecule has 18 heavy (non-hydrogen) atoms. The zero-order valence-electron chi connectivity index (χ0n) is 10.2. The summed E-state index contributed by atoms with van der Waals surface area (Å²) in [5.74, 6) is -0.386. The summed E-state index contributed by atoms with van der Waals surface area (Å²) in [5.41, 5.74) is 0.101. The van der Waals surface area contributed by atoms with E-state index in [0.717, 1.165) is 0 Å². The Bertz CT molecular complexity index is 502. The molecule has 0 aliphatic heterocycles. The van der Waals surface area contributed by atoms with E-state index < -0.39 is 10.0 Å². The zero-order valence-corrected chi connectivity index (χ0v) is 11.8. The predicted octanol–water partition coefficient (Wildman–Crippen LogP) is 2.21. The Morgan fingerprint density at radius 1 is 1.44 bits per heavy atom. The smallest absolute Gasteiger partial charge is 0.235 e. The van der Waals surface area contributed by atoms with Gasteiger partial charge in [-0.15, -0.1) is 0 Å². The molecule has 0 unspecified atom stereocenters. The van der Waals surface area contributed by atoms with Crippen LogP contribution in [0.2, 0.25) is 5.02 Å². The lowest BCUT2D eigenvalue weighted by atomic mass is 10.3. The predicted molar refractivity (Wildman–Crippen MR) is 71.6 cm³/mol. The molecular weight excluding hydrogens is 278 g/mol. The van der Waals surface area contributed by atoms with Crippen LogP contribution in [0.5, 0.6) is 5.75 Å². The van der Waals surface area contributed by atoms with E-state index in [1.807, 2.05) is 13.8 Å². The second-order valence-electron chi connectivity index (χ2n) is 4.00. The fraction of sp³-hybridized carbons (Fsp3) is 0.455. The normalized spacial score (nSPS) is 11.8. The molecule has 7 heteroatoms. The Morgan fingerprint density at radius 3 is 2.67 bits per heavy atom. The minimum atomic E-state index is -3.54. The van der Waals surface area contributed by atoms with Crippen molar-refractivity contribution in [1.29, 1.82) is 0 Å². The molecule has 0 bridgehead atoms. The van der Waals surface area contributed by atoms with Crippen molar-refractivity contribution in [2.45, 2.75) is 20.0 Å². The van der Waals surface area contributed by atoms with Crippen LogP contribution in [0.15, 0.2) is 18.2 Å². The van der Waals surface area contributed by atoms with Crippen molar-refractivity contribution < 1.29 is 18.3 Å². The van der Waals surface area contributed by atoms with Gasteiger partial charge in [-0.2, -0.15) is 0 Å². The second kappa shape index (κ2) is 6.26. The number of rotatable bonds is 6. The summed E-state index contributed by atoms with van der Waals surface area (Å²) in [6, 6.07) is 4.16. The van der Waals surface area contributed by atoms with Gasteiger partial charge in [-0.25, -0.2) is 8.42 Å². The minimum Gasteiger partial charge on any atom is -0.506 e. The number of aromatic hydroxyl groups is 1. The molecule has 0 atom stereocenters. The molecule has 0 heterocycles. The quantitative estimate of drug-likeness (QED) is 0.789. The summed E-state index contributed by atoms with van der Waals surface area (Å²) in [6.45, 7) is 3.75. The number of halogens is 1. The van der Waals surface area contributed by atoms with E-state index in [4.69, 9.17) is 16.3 Å². The number of phenols is 1. The lowest BCUT2D eigenvalue weighted by Crippen LogP contribution is -2.21. The summed E-state index contributed by atoms with van der Waals surface area (Å²) in [7, 11) is -3.54. The van der Waals surface area contributed by atoms with Gasteiger partial charge in [0.15, 0.2) is 0 Å². The maximum absolute atomic E-state index is 11.7. The van der Waals surface area contributed by atoms with E-state index in [-0.39, 0.29) is 29.9 Å². The first-order valence-electron chi connectivity index (χ1n) is 5.41. The molecule has 0 fully saturated rings. The third-order valence-electron chi connectivity index (χ3n) is 2.03. The summed E-state index contributed by atoms with van der Waals surface area (Å²) >= 11 is 5.65. The van der Waals surface area contributed by atoms with Gasteiger partial charge in [-0.1, -0.05) is 11.6 Å². The van der Waals surface area contributed by atoms with Crippen molar-refractivity contribution in [1.82, 2.24) is 0 Å². The molecule has 0 saturated carbocycles. The molecule has 0 aromatic heterocycles. The van der Waals surface area contributed by atoms with E-state index in [1.165, 1.54) is 18.2 Å². The molecule has 0 saturated heterocycles. The first-order chi connectivity index (χ1) is 8.30. The number of hydrogen-bond acceptors (Lipinski definition) is 4. The van der Waals surface area contributed by atoms with Crippen LogP contribution < -0.4 is 4.72 Å². The second-order valence-corrected chi connectivity index (χ2v) is 6.28. The first kappa shape index (κ1) is 15.1. The molecule has 1 rings (SSSR count). The SMILES string of the molecule is CC(C)OCCS(=O)(=O)Nc1ccc(Cl)cc1O. The molecule has 0 aliphatic carbocycles. The van der Waals surface area contributed by atoms with Crippen LogP contribution in [0, 0.1) is 0 Å². The lowest BCUT2D eigenvalue weighted by Gasteiger charge is -2.11. The highest BCUT2D eigenvalue weighted by atomic mass is 35.5. The topological polar surface area (TPSA) is 75.6 Å². The van der Waals surface area contributed by atoms with Gasteiger partial charge in [-0.05, 0) is 26.0 Å². The first-order valence-corrected chi connectivity index (χ1v) is 7.44. The van der Waals surface area contributed by atoms with Crippen LogP contribution in [0.3, 0.4) is 0 Å². The minimum absolute atomic E-state index is 0.0239. The van der Waals surface area contributed by atoms with E-state index in [0.29, 0.717) is 5.02 Å². The summed E-state index contributed by atoms with van der Waals surface area (Å²) < 4.78 is 30.8. The van der Waals surface area contributed by atoms with Crippen LogP contribution in [0.4, 0.5) is 5.69 Å². The van der Waals surface area contributed by atoms with Gasteiger partial charge in [0.1, 0.15) is 5.75 Å². The molecule has 2 N–H and O–H groups in total. The molecule has 0 spiro atoms. The van der Waals surface area contributed by atoms with Gasteiger partial charge >= 0.3 is 0 Å². The average Bonchev–Trinajstić information content (AvgIpc) is 2.21. The Labute approximate surface area is 112 Å². The molecule has 0 amide bonds. The van der Waals surface area contributed by atoms with E-state index in [2.05, 4.69) is 4.72 Å². The van der Waals surface area contributed by atoms with Crippen molar-refractivity contribution >= 4 is 27.3 Å². The Balaban J connectivity index is 2.65. The average molecular weight is 294 g/mol. The number of nitrogens with one attached hydrogen (secondary N) is 1. The van der Waals surface area contributed by atoms with Gasteiger partial charge in [0, 0.05) is 11.1 Å². The molecule has 0 radical (unpaired) electrons. The van der Waals surface area contributed by atoms with E-state index in [1.54, 1.807) is 0 Å². The molecule has 1 aromatic rings. The van der Waals surface area contributed by atoms with Gasteiger partial charge in [0.2, 0.25) is 10.0 Å². The Kier molecular flexibility index (Phi) is 5.25. The highest BCUT2D eigenvalue weighted by Gasteiger charge is 2.13. The fourth-order valence-electron chi connectivity index (χ4n) is 1.20. The van der Waals surface area contributed by atoms with Crippen molar-refractivity contribution in [3.05, 3.63) is 23.2 Å². The lowest BCUT2D eigenvalue weighted by molar-refractivity contribution is 0.0913. The van der Waals surface area contributed by atoms with Crippen LogP contribution in [-0.4, -0.2) is 32.0 Å². The van der Waals surface area contributed by atoms with Crippen LogP contribution in [-0.2, 0) is 14.8 Å². The molecule has 102 valence electrons. The highest BCUT2D eigenvalue weighted by Crippen LogP contribution is 2.27. The molecular formula is C11H16ClNO4S. The van der Waals surface area contributed by atoms with Crippen LogP contribution in [0.25, 0.3) is 0 Å². The van der Waals surface area contributed by atoms with Gasteiger partial charge in [0.05, 0.1) is 24.2 Å². The number of sulfonamides is 1. The zero-order chi connectivity index (χ0) is 13.8. The molecule has 0 aliphatic rings. The Hall–Kier alpha value is -0.980. The largest absolute Gasteiger partial charge is 0.506 e. The number of anilines is 1. The molecule has 5 nitrogen and oxygen atoms in total. The fourth-order valence-corrected chi connectivity index (χ4v) is 2.29. The van der Waals surface area contributed by atoms with Gasteiger partial charge in [-0.3, -0.25) is 4.72 Å².